The third-order valence-electron chi connectivity index (χ3n) is 5.92. The fourth-order valence-corrected chi connectivity index (χ4v) is 4.22. The number of carbonyl (C=O) groups excluding carboxylic acids is 1. The Morgan fingerprint density at radius 2 is 1.63 bits per heavy atom. The summed E-state index contributed by atoms with van der Waals surface area (Å²) in [6.07, 6.45) is -4.56. The van der Waals surface area contributed by atoms with E-state index >= 15 is 0 Å². The number of rotatable bonds is 4. The topological polar surface area (TPSA) is 82.3 Å². The third-order valence-corrected chi connectivity index (χ3v) is 5.92. The molecule has 1 unspecified atom stereocenters. The molecule has 3 aromatic rings. The third kappa shape index (κ3) is 4.16. The molecule has 0 spiro atoms. The molecule has 2 aromatic carbocycles. The predicted molar refractivity (Wildman–Crippen MR) is 124 cm³/mol. The Kier molecular flexibility index (Phi) is 6.14. The van der Waals surface area contributed by atoms with Crippen LogP contribution in [0.25, 0.3) is 5.70 Å². The van der Waals surface area contributed by atoms with Crippen LogP contribution in [-0.2, 0) is 29.8 Å². The first-order chi connectivity index (χ1) is 16.6. The van der Waals surface area contributed by atoms with Crippen LogP contribution in [-0.4, -0.2) is 21.7 Å². The number of halogens is 3. The molecule has 4 rings (SSSR count). The second kappa shape index (κ2) is 8.94. The van der Waals surface area contributed by atoms with Gasteiger partial charge in [0.15, 0.2) is 0 Å². The van der Waals surface area contributed by atoms with Gasteiger partial charge >= 0.3 is 17.8 Å². The van der Waals surface area contributed by atoms with Gasteiger partial charge in [0.2, 0.25) is 0 Å². The average molecular weight is 485 g/mol. The summed E-state index contributed by atoms with van der Waals surface area (Å²) in [5.74, 6) is -1.67. The largest absolute Gasteiger partial charge is 0.463 e. The molecule has 1 aliphatic heterocycles. The number of hydrogen-bond acceptors (Lipinski definition) is 5. The number of aromatic nitrogens is 2. The Bertz CT molecular complexity index is 1440. The maximum Gasteiger partial charge on any atom is 0.416 e. The molecule has 0 fully saturated rings. The molecule has 7 nitrogen and oxygen atoms in total. The Balaban J connectivity index is 2.09. The molecule has 1 aromatic heterocycles. The van der Waals surface area contributed by atoms with Crippen molar-refractivity contribution >= 4 is 17.5 Å². The normalized spacial score (nSPS) is 15.4. The quantitative estimate of drug-likeness (QED) is 0.571. The van der Waals surface area contributed by atoms with Crippen molar-refractivity contribution in [2.75, 3.05) is 11.9 Å². The molecule has 1 N–H and O–H groups in total. The first-order valence-electron chi connectivity index (χ1n) is 10.8. The summed E-state index contributed by atoms with van der Waals surface area (Å²) >= 11 is 0. The fourth-order valence-electron chi connectivity index (χ4n) is 4.22. The average Bonchev–Trinajstić information content (AvgIpc) is 2.85. The first kappa shape index (κ1) is 24.1. The van der Waals surface area contributed by atoms with E-state index in [1.165, 1.54) is 30.8 Å². The van der Waals surface area contributed by atoms with Crippen LogP contribution in [0.2, 0.25) is 0 Å². The zero-order valence-corrected chi connectivity index (χ0v) is 19.1. The Morgan fingerprint density at radius 1 is 1.00 bits per heavy atom. The molecule has 1 atom stereocenters. The minimum atomic E-state index is -4.56. The van der Waals surface area contributed by atoms with Crippen LogP contribution in [0, 0.1) is 0 Å². The van der Waals surface area contributed by atoms with Crippen molar-refractivity contribution in [2.45, 2.75) is 19.0 Å². The maximum absolute atomic E-state index is 13.3. The predicted octanol–water partition coefficient (Wildman–Crippen LogP) is 3.63. The second-order valence-corrected chi connectivity index (χ2v) is 8.02. The van der Waals surface area contributed by atoms with Gasteiger partial charge in [-0.3, -0.25) is 13.9 Å². The van der Waals surface area contributed by atoms with Crippen molar-refractivity contribution < 1.29 is 22.7 Å². The van der Waals surface area contributed by atoms with Crippen LogP contribution < -0.4 is 16.6 Å². The maximum atomic E-state index is 13.3. The van der Waals surface area contributed by atoms with Gasteiger partial charge < -0.3 is 10.1 Å². The van der Waals surface area contributed by atoms with E-state index in [0.717, 1.165) is 16.7 Å². The number of ether oxygens (including phenoxy) is 1. The standard InChI is InChI=1S/C25H22F3N3O4/c1-4-35-23(33)18-17(14-10-12-16(13-11-14)25(26,27)28)19-21(30(2)24(34)31(3)22(19)32)29-20(18)15-8-6-5-7-9-15/h5-13,17,29H,4H2,1-3H3. The summed E-state index contributed by atoms with van der Waals surface area (Å²) in [6.45, 7) is 1.67. The molecule has 0 radical (unpaired) electrons. The van der Waals surface area contributed by atoms with Crippen molar-refractivity contribution in [3.05, 3.63) is 103 Å². The number of carbonyl (C=O) groups is 1. The lowest BCUT2D eigenvalue weighted by molar-refractivity contribution is -0.139. The SMILES string of the molecule is CCOC(=O)C1=C(c2ccccc2)Nc2c(c(=O)n(C)c(=O)n2C)C1c1ccc(C(F)(F)F)cc1. The van der Waals surface area contributed by atoms with Gasteiger partial charge in [-0.15, -0.1) is 0 Å². The van der Waals surface area contributed by atoms with Gasteiger partial charge in [-0.05, 0) is 30.2 Å². The highest BCUT2D eigenvalue weighted by molar-refractivity contribution is 6.04. The summed E-state index contributed by atoms with van der Waals surface area (Å²) in [5, 5.41) is 3.06. The highest BCUT2D eigenvalue weighted by Crippen LogP contribution is 2.43. The van der Waals surface area contributed by atoms with Crippen LogP contribution in [0.15, 0.2) is 69.8 Å². The van der Waals surface area contributed by atoms with E-state index in [0.29, 0.717) is 11.3 Å². The molecule has 0 aliphatic carbocycles. The van der Waals surface area contributed by atoms with Crippen molar-refractivity contribution in [2.24, 2.45) is 14.1 Å². The molecule has 0 amide bonds. The van der Waals surface area contributed by atoms with Gasteiger partial charge in [0.25, 0.3) is 5.56 Å². The van der Waals surface area contributed by atoms with Crippen molar-refractivity contribution in [3.63, 3.8) is 0 Å². The van der Waals surface area contributed by atoms with E-state index < -0.39 is 34.9 Å². The van der Waals surface area contributed by atoms with Crippen LogP contribution >= 0.6 is 0 Å². The number of esters is 1. The summed E-state index contributed by atoms with van der Waals surface area (Å²) in [5.41, 5.74) is -0.885. The molecule has 0 saturated carbocycles. The second-order valence-electron chi connectivity index (χ2n) is 8.02. The molecule has 2 heterocycles. The van der Waals surface area contributed by atoms with Crippen molar-refractivity contribution in [1.29, 1.82) is 0 Å². The zero-order valence-electron chi connectivity index (χ0n) is 19.1. The number of nitrogens with zero attached hydrogens (tertiary/aromatic N) is 2. The summed E-state index contributed by atoms with van der Waals surface area (Å²) in [4.78, 5) is 39.3. The van der Waals surface area contributed by atoms with Gasteiger partial charge in [-0.25, -0.2) is 9.59 Å². The number of hydrogen-bond donors (Lipinski definition) is 1. The highest BCUT2D eigenvalue weighted by Gasteiger charge is 2.39. The van der Waals surface area contributed by atoms with E-state index in [9.17, 15) is 27.6 Å². The van der Waals surface area contributed by atoms with E-state index in [4.69, 9.17) is 4.74 Å². The van der Waals surface area contributed by atoms with E-state index in [1.807, 2.05) is 0 Å². The van der Waals surface area contributed by atoms with E-state index in [-0.39, 0.29) is 29.1 Å². The Hall–Kier alpha value is -4.08. The fraction of sp³-hybridized carbons (Fsp3) is 0.240. The number of benzene rings is 2. The van der Waals surface area contributed by atoms with Gasteiger partial charge in [0.05, 0.1) is 34.9 Å². The summed E-state index contributed by atoms with van der Waals surface area (Å²) < 4.78 is 47.1. The zero-order chi connectivity index (χ0) is 25.5. The molecule has 1 aliphatic rings. The smallest absolute Gasteiger partial charge is 0.416 e. The van der Waals surface area contributed by atoms with Gasteiger partial charge in [-0.2, -0.15) is 13.2 Å². The Labute approximate surface area is 198 Å². The lowest BCUT2D eigenvalue weighted by Crippen LogP contribution is -2.43. The van der Waals surface area contributed by atoms with E-state index in [2.05, 4.69) is 5.32 Å². The van der Waals surface area contributed by atoms with Crippen LogP contribution in [0.1, 0.15) is 35.1 Å². The Morgan fingerprint density at radius 3 is 2.20 bits per heavy atom. The number of alkyl halides is 3. The van der Waals surface area contributed by atoms with Gasteiger partial charge in [0, 0.05) is 14.1 Å². The minimum Gasteiger partial charge on any atom is -0.463 e. The highest BCUT2D eigenvalue weighted by atomic mass is 19.4. The lowest BCUT2D eigenvalue weighted by Gasteiger charge is -2.32. The van der Waals surface area contributed by atoms with Crippen LogP contribution in [0.5, 0.6) is 0 Å². The van der Waals surface area contributed by atoms with Crippen LogP contribution in [0.3, 0.4) is 0 Å². The monoisotopic (exact) mass is 485 g/mol. The molecule has 0 saturated heterocycles. The van der Waals surface area contributed by atoms with Crippen molar-refractivity contribution in [3.8, 4) is 0 Å². The van der Waals surface area contributed by atoms with Crippen molar-refractivity contribution in [1.82, 2.24) is 9.13 Å². The van der Waals surface area contributed by atoms with Crippen LogP contribution in [0.4, 0.5) is 19.0 Å². The van der Waals surface area contributed by atoms with E-state index in [1.54, 1.807) is 37.3 Å². The molecule has 10 heteroatoms. The first-order valence-corrected chi connectivity index (χ1v) is 10.8. The molecular formula is C25H22F3N3O4. The molecular weight excluding hydrogens is 463 g/mol. The van der Waals surface area contributed by atoms with Gasteiger partial charge in [0.1, 0.15) is 5.82 Å². The number of anilines is 1. The lowest BCUT2D eigenvalue weighted by atomic mass is 9.80. The minimum absolute atomic E-state index is 0.0439. The van der Waals surface area contributed by atoms with Gasteiger partial charge in [-0.1, -0.05) is 42.5 Å². The molecule has 0 bridgehead atoms. The molecule has 35 heavy (non-hydrogen) atoms. The summed E-state index contributed by atoms with van der Waals surface area (Å²) in [6, 6.07) is 13.0. The summed E-state index contributed by atoms with van der Waals surface area (Å²) in [7, 11) is 2.77. The number of fused-ring (bicyclic) bond motifs is 1. The molecule has 182 valence electrons. The number of nitrogens with one attached hydrogen (secondary N) is 1.